The predicted molar refractivity (Wildman–Crippen MR) is 101 cm³/mol. The van der Waals surface area contributed by atoms with Gasteiger partial charge in [-0.05, 0) is 37.0 Å². The lowest BCUT2D eigenvalue weighted by Gasteiger charge is -2.42. The minimum absolute atomic E-state index is 0.107. The molecule has 1 aromatic rings. The molecule has 6 heteroatoms. The molecule has 3 rings (SSSR count). The molecule has 1 N–H and O–H groups in total. The van der Waals surface area contributed by atoms with E-state index in [1.165, 1.54) is 6.42 Å². The van der Waals surface area contributed by atoms with Gasteiger partial charge in [0.25, 0.3) is 0 Å². The summed E-state index contributed by atoms with van der Waals surface area (Å²) in [5.41, 5.74) is 0.884. The zero-order valence-electron chi connectivity index (χ0n) is 14.6. The largest absolute Gasteiger partial charge is 0.392 e. The molecule has 1 aliphatic carbocycles. The summed E-state index contributed by atoms with van der Waals surface area (Å²) in [4.78, 5) is 17.1. The average Bonchev–Trinajstić information content (AvgIpc) is 3.04. The SMILES string of the molecule is CN(C(=O)Cc1ccc(Cl)c(Cl)c1)[C@@H]1CCCC[C@H]1N1CCC(O)C1. The fraction of sp³-hybridized carbons (Fsp3) is 0.632. The van der Waals surface area contributed by atoms with Crippen LogP contribution in [0.5, 0.6) is 0 Å². The molecule has 3 atom stereocenters. The zero-order chi connectivity index (χ0) is 18.0. The van der Waals surface area contributed by atoms with Gasteiger partial charge in [0.15, 0.2) is 0 Å². The van der Waals surface area contributed by atoms with Crippen LogP contribution < -0.4 is 0 Å². The monoisotopic (exact) mass is 384 g/mol. The molecule has 1 aliphatic heterocycles. The van der Waals surface area contributed by atoms with Crippen molar-refractivity contribution >= 4 is 29.1 Å². The fourth-order valence-corrected chi connectivity index (χ4v) is 4.49. The van der Waals surface area contributed by atoms with E-state index in [9.17, 15) is 9.90 Å². The van der Waals surface area contributed by atoms with E-state index in [4.69, 9.17) is 23.2 Å². The summed E-state index contributed by atoms with van der Waals surface area (Å²) in [6.07, 6.45) is 5.43. The second-order valence-corrected chi connectivity index (χ2v) is 8.10. The first-order chi connectivity index (χ1) is 12.0. The van der Waals surface area contributed by atoms with Gasteiger partial charge < -0.3 is 10.0 Å². The number of aliphatic hydroxyl groups is 1. The summed E-state index contributed by atoms with van der Waals surface area (Å²) in [6, 6.07) is 5.93. The Morgan fingerprint density at radius 2 is 2.00 bits per heavy atom. The lowest BCUT2D eigenvalue weighted by atomic mass is 9.88. The van der Waals surface area contributed by atoms with Crippen molar-refractivity contribution in [3.8, 4) is 0 Å². The number of carbonyl (C=O) groups is 1. The van der Waals surface area contributed by atoms with Crippen molar-refractivity contribution in [2.75, 3.05) is 20.1 Å². The minimum atomic E-state index is -0.222. The predicted octanol–water partition coefficient (Wildman–Crippen LogP) is 3.37. The van der Waals surface area contributed by atoms with E-state index in [2.05, 4.69) is 4.90 Å². The summed E-state index contributed by atoms with van der Waals surface area (Å²) in [6.45, 7) is 1.66. The van der Waals surface area contributed by atoms with Gasteiger partial charge in [-0.25, -0.2) is 0 Å². The maximum Gasteiger partial charge on any atom is 0.227 e. The van der Waals surface area contributed by atoms with Crippen LogP contribution in [0.25, 0.3) is 0 Å². The highest BCUT2D eigenvalue weighted by atomic mass is 35.5. The number of likely N-dealkylation sites (N-methyl/N-ethyl adjacent to an activating group) is 1. The Kier molecular flexibility index (Phi) is 6.26. The summed E-state index contributed by atoms with van der Waals surface area (Å²) in [7, 11) is 1.91. The van der Waals surface area contributed by atoms with Gasteiger partial charge in [0, 0.05) is 32.2 Å². The Morgan fingerprint density at radius 1 is 1.24 bits per heavy atom. The van der Waals surface area contributed by atoms with Gasteiger partial charge in [-0.3, -0.25) is 9.69 Å². The average molecular weight is 385 g/mol. The molecule has 0 aromatic heterocycles. The van der Waals surface area contributed by atoms with Crippen molar-refractivity contribution in [3.05, 3.63) is 33.8 Å². The number of likely N-dealkylation sites (tertiary alicyclic amines) is 1. The number of hydrogen-bond donors (Lipinski definition) is 1. The highest BCUT2D eigenvalue weighted by Gasteiger charge is 2.37. The number of aliphatic hydroxyl groups excluding tert-OH is 1. The van der Waals surface area contributed by atoms with Gasteiger partial charge in [0.1, 0.15) is 0 Å². The minimum Gasteiger partial charge on any atom is -0.392 e. The number of amides is 1. The van der Waals surface area contributed by atoms with Crippen LogP contribution in [0.1, 0.15) is 37.7 Å². The standard InChI is InChI=1S/C19H26Cl2N2O2/c1-22(19(25)11-13-6-7-15(20)16(21)10-13)17-4-2-3-5-18(17)23-9-8-14(24)12-23/h6-7,10,14,17-18,24H,2-5,8-9,11-12H2,1H3/t14?,17-,18-/m1/s1. The van der Waals surface area contributed by atoms with Crippen LogP contribution in [0.15, 0.2) is 18.2 Å². The summed E-state index contributed by atoms with van der Waals surface area (Å²) in [5.74, 6) is 0.107. The van der Waals surface area contributed by atoms with Crippen molar-refractivity contribution in [2.45, 2.75) is 56.7 Å². The first-order valence-electron chi connectivity index (χ1n) is 9.07. The maximum absolute atomic E-state index is 12.8. The van der Waals surface area contributed by atoms with Crippen LogP contribution in [0.2, 0.25) is 10.0 Å². The van der Waals surface area contributed by atoms with Gasteiger partial charge in [0.2, 0.25) is 5.91 Å². The highest BCUT2D eigenvalue weighted by Crippen LogP contribution is 2.30. The van der Waals surface area contributed by atoms with Crippen LogP contribution in [-0.2, 0) is 11.2 Å². The van der Waals surface area contributed by atoms with E-state index in [-0.39, 0.29) is 18.1 Å². The Morgan fingerprint density at radius 3 is 2.68 bits per heavy atom. The molecular formula is C19H26Cl2N2O2. The Bertz CT molecular complexity index is 625. The van der Waals surface area contributed by atoms with Gasteiger partial charge in [0.05, 0.1) is 22.6 Å². The number of nitrogens with zero attached hydrogens (tertiary/aromatic N) is 2. The van der Waals surface area contributed by atoms with Crippen molar-refractivity contribution in [3.63, 3.8) is 0 Å². The molecule has 4 nitrogen and oxygen atoms in total. The molecule has 1 saturated heterocycles. The topological polar surface area (TPSA) is 43.8 Å². The third kappa shape index (κ3) is 4.48. The number of rotatable bonds is 4. The molecule has 0 bridgehead atoms. The third-order valence-corrected chi connectivity index (χ3v) is 6.33. The van der Waals surface area contributed by atoms with E-state index in [0.29, 0.717) is 22.5 Å². The number of benzene rings is 1. The molecule has 1 unspecified atom stereocenters. The number of hydrogen-bond acceptors (Lipinski definition) is 3. The Hall–Kier alpha value is -0.810. The van der Waals surface area contributed by atoms with Crippen molar-refractivity contribution < 1.29 is 9.90 Å². The first kappa shape index (κ1) is 19.0. The quantitative estimate of drug-likeness (QED) is 0.864. The summed E-state index contributed by atoms with van der Waals surface area (Å²) < 4.78 is 0. The van der Waals surface area contributed by atoms with E-state index >= 15 is 0 Å². The summed E-state index contributed by atoms with van der Waals surface area (Å²) in [5, 5.41) is 10.9. The molecule has 25 heavy (non-hydrogen) atoms. The lowest BCUT2D eigenvalue weighted by Crippen LogP contribution is -2.53. The lowest BCUT2D eigenvalue weighted by molar-refractivity contribution is -0.133. The van der Waals surface area contributed by atoms with Crippen molar-refractivity contribution in [1.82, 2.24) is 9.80 Å². The molecule has 2 aliphatic rings. The second kappa shape index (κ2) is 8.26. The van der Waals surface area contributed by atoms with Crippen LogP contribution in [0.4, 0.5) is 0 Å². The molecule has 2 fully saturated rings. The summed E-state index contributed by atoms with van der Waals surface area (Å²) >= 11 is 12.0. The normalized spacial score (nSPS) is 27.4. The van der Waals surface area contributed by atoms with Crippen LogP contribution in [0.3, 0.4) is 0 Å². The van der Waals surface area contributed by atoms with E-state index in [0.717, 1.165) is 44.3 Å². The maximum atomic E-state index is 12.8. The van der Waals surface area contributed by atoms with Gasteiger partial charge in [-0.1, -0.05) is 42.1 Å². The van der Waals surface area contributed by atoms with Crippen molar-refractivity contribution in [2.24, 2.45) is 0 Å². The highest BCUT2D eigenvalue weighted by molar-refractivity contribution is 6.42. The number of β-amino-alcohol motifs (C(OH)–C–C–N with tert-alkyl or cyclic N) is 1. The van der Waals surface area contributed by atoms with Crippen molar-refractivity contribution in [1.29, 1.82) is 0 Å². The Balaban J connectivity index is 1.67. The fourth-order valence-electron chi connectivity index (χ4n) is 4.17. The third-order valence-electron chi connectivity index (χ3n) is 5.59. The second-order valence-electron chi connectivity index (χ2n) is 7.29. The van der Waals surface area contributed by atoms with Gasteiger partial charge >= 0.3 is 0 Å². The molecule has 1 aromatic carbocycles. The number of halogens is 2. The molecule has 1 heterocycles. The van der Waals surface area contributed by atoms with E-state index in [1.807, 2.05) is 18.0 Å². The van der Waals surface area contributed by atoms with E-state index < -0.39 is 0 Å². The van der Waals surface area contributed by atoms with Gasteiger partial charge in [-0.15, -0.1) is 0 Å². The zero-order valence-corrected chi connectivity index (χ0v) is 16.1. The van der Waals surface area contributed by atoms with Gasteiger partial charge in [-0.2, -0.15) is 0 Å². The smallest absolute Gasteiger partial charge is 0.227 e. The molecule has 138 valence electrons. The molecular weight excluding hydrogens is 359 g/mol. The van der Waals surface area contributed by atoms with E-state index in [1.54, 1.807) is 12.1 Å². The van der Waals surface area contributed by atoms with Crippen LogP contribution in [0, 0.1) is 0 Å². The molecule has 0 radical (unpaired) electrons. The Labute approximate surface area is 159 Å². The molecule has 0 spiro atoms. The molecule has 1 amide bonds. The van der Waals surface area contributed by atoms with Crippen LogP contribution in [-0.4, -0.2) is 59.1 Å². The molecule has 1 saturated carbocycles. The number of carbonyl (C=O) groups excluding carboxylic acids is 1. The first-order valence-corrected chi connectivity index (χ1v) is 9.83. The van der Waals surface area contributed by atoms with Crippen LogP contribution >= 0.6 is 23.2 Å².